The van der Waals surface area contributed by atoms with E-state index < -0.39 is 0 Å². The van der Waals surface area contributed by atoms with E-state index in [2.05, 4.69) is 43.3 Å². The molecule has 0 fully saturated rings. The van der Waals surface area contributed by atoms with Crippen molar-refractivity contribution < 1.29 is 0 Å². The standard InChI is InChI=1S/C12H24N4/c1-10(6-7-13-12(2,3)4)8-11-9-16(5)15-14-11/h9-10,13H,6-8H2,1-5H3. The van der Waals surface area contributed by atoms with Crippen LogP contribution in [0.1, 0.15) is 39.8 Å². The molecule has 0 aliphatic heterocycles. The van der Waals surface area contributed by atoms with Crippen molar-refractivity contribution in [3.05, 3.63) is 11.9 Å². The average Bonchev–Trinajstić information content (AvgIpc) is 2.48. The van der Waals surface area contributed by atoms with Crippen LogP contribution in [0, 0.1) is 5.92 Å². The summed E-state index contributed by atoms with van der Waals surface area (Å²) >= 11 is 0. The van der Waals surface area contributed by atoms with Gasteiger partial charge in [0.15, 0.2) is 0 Å². The molecule has 0 saturated carbocycles. The SMILES string of the molecule is CC(CCNC(C)(C)C)Cc1cn(C)nn1. The molecule has 1 atom stereocenters. The summed E-state index contributed by atoms with van der Waals surface area (Å²) in [7, 11) is 1.91. The third-order valence-corrected chi connectivity index (χ3v) is 2.50. The molecule has 0 aromatic carbocycles. The summed E-state index contributed by atoms with van der Waals surface area (Å²) in [5.74, 6) is 0.645. The Morgan fingerprint density at radius 2 is 2.12 bits per heavy atom. The summed E-state index contributed by atoms with van der Waals surface area (Å²) in [6.07, 6.45) is 4.18. The topological polar surface area (TPSA) is 42.7 Å². The summed E-state index contributed by atoms with van der Waals surface area (Å²) in [6, 6.07) is 0. The molecule has 0 saturated heterocycles. The van der Waals surface area contributed by atoms with E-state index in [1.807, 2.05) is 13.2 Å². The second-order valence-corrected chi connectivity index (χ2v) is 5.66. The number of nitrogens with one attached hydrogen (secondary N) is 1. The minimum atomic E-state index is 0.215. The van der Waals surface area contributed by atoms with E-state index in [1.54, 1.807) is 4.68 Å². The molecule has 0 aliphatic carbocycles. The number of rotatable bonds is 5. The Kier molecular flexibility index (Phi) is 4.47. The highest BCUT2D eigenvalue weighted by molar-refractivity contribution is 4.93. The Balaban J connectivity index is 2.23. The van der Waals surface area contributed by atoms with Crippen molar-refractivity contribution in [3.8, 4) is 0 Å². The monoisotopic (exact) mass is 224 g/mol. The lowest BCUT2D eigenvalue weighted by molar-refractivity contribution is 0.393. The van der Waals surface area contributed by atoms with Crippen LogP contribution in [-0.2, 0) is 13.5 Å². The predicted octanol–water partition coefficient (Wildman–Crippen LogP) is 1.77. The summed E-state index contributed by atoms with van der Waals surface area (Å²) < 4.78 is 1.76. The fraction of sp³-hybridized carbons (Fsp3) is 0.833. The molecule has 1 aromatic rings. The number of aromatic nitrogens is 3. The van der Waals surface area contributed by atoms with Crippen LogP contribution < -0.4 is 5.32 Å². The van der Waals surface area contributed by atoms with Gasteiger partial charge in [0.1, 0.15) is 0 Å². The molecule has 0 amide bonds. The van der Waals surface area contributed by atoms with Crippen LogP contribution in [-0.4, -0.2) is 27.1 Å². The highest BCUT2D eigenvalue weighted by atomic mass is 15.4. The molecule has 92 valence electrons. The maximum Gasteiger partial charge on any atom is 0.0829 e. The number of aryl methyl sites for hydroxylation is 1. The Labute approximate surface area is 98.4 Å². The van der Waals surface area contributed by atoms with Crippen LogP contribution in [0.5, 0.6) is 0 Å². The van der Waals surface area contributed by atoms with E-state index in [4.69, 9.17) is 0 Å². The zero-order valence-electron chi connectivity index (χ0n) is 11.1. The summed E-state index contributed by atoms with van der Waals surface area (Å²) in [5.41, 5.74) is 1.30. The van der Waals surface area contributed by atoms with Gasteiger partial charge in [-0.3, -0.25) is 4.68 Å². The van der Waals surface area contributed by atoms with Crippen LogP contribution in [0.3, 0.4) is 0 Å². The minimum absolute atomic E-state index is 0.215. The van der Waals surface area contributed by atoms with Gasteiger partial charge in [-0.1, -0.05) is 12.1 Å². The van der Waals surface area contributed by atoms with E-state index in [-0.39, 0.29) is 5.54 Å². The van der Waals surface area contributed by atoms with Crippen molar-refractivity contribution in [1.82, 2.24) is 20.3 Å². The Bertz CT molecular complexity index is 311. The molecular formula is C12H24N4. The zero-order valence-corrected chi connectivity index (χ0v) is 11.1. The number of hydrogen-bond acceptors (Lipinski definition) is 3. The zero-order chi connectivity index (χ0) is 12.2. The van der Waals surface area contributed by atoms with Gasteiger partial charge in [-0.05, 0) is 46.1 Å². The fourth-order valence-electron chi connectivity index (χ4n) is 1.64. The lowest BCUT2D eigenvalue weighted by Crippen LogP contribution is -2.37. The molecule has 0 spiro atoms. The lowest BCUT2D eigenvalue weighted by atomic mass is 10.0. The second kappa shape index (κ2) is 5.43. The van der Waals surface area contributed by atoms with Gasteiger partial charge in [-0.25, -0.2) is 0 Å². The molecule has 4 heteroatoms. The molecule has 1 aromatic heterocycles. The van der Waals surface area contributed by atoms with E-state index in [0.717, 1.165) is 18.7 Å². The Hall–Kier alpha value is -0.900. The van der Waals surface area contributed by atoms with Gasteiger partial charge in [-0.2, -0.15) is 0 Å². The molecule has 1 N–H and O–H groups in total. The molecule has 4 nitrogen and oxygen atoms in total. The Morgan fingerprint density at radius 1 is 1.44 bits per heavy atom. The van der Waals surface area contributed by atoms with Crippen LogP contribution in [0.15, 0.2) is 6.20 Å². The van der Waals surface area contributed by atoms with Crippen molar-refractivity contribution >= 4 is 0 Å². The summed E-state index contributed by atoms with van der Waals surface area (Å²) in [4.78, 5) is 0. The van der Waals surface area contributed by atoms with Crippen molar-refractivity contribution in [3.63, 3.8) is 0 Å². The first-order chi connectivity index (χ1) is 7.37. The fourth-order valence-corrected chi connectivity index (χ4v) is 1.64. The molecule has 1 heterocycles. The van der Waals surface area contributed by atoms with Crippen LogP contribution >= 0.6 is 0 Å². The molecular weight excluding hydrogens is 200 g/mol. The first kappa shape index (κ1) is 13.2. The first-order valence-electron chi connectivity index (χ1n) is 5.97. The van der Waals surface area contributed by atoms with Gasteiger partial charge in [0.05, 0.1) is 5.69 Å². The van der Waals surface area contributed by atoms with E-state index in [9.17, 15) is 0 Å². The largest absolute Gasteiger partial charge is 0.312 e. The van der Waals surface area contributed by atoms with E-state index in [1.165, 1.54) is 6.42 Å². The van der Waals surface area contributed by atoms with Gasteiger partial charge in [0.2, 0.25) is 0 Å². The smallest absolute Gasteiger partial charge is 0.0829 e. The quantitative estimate of drug-likeness (QED) is 0.829. The van der Waals surface area contributed by atoms with Gasteiger partial charge < -0.3 is 5.32 Å². The van der Waals surface area contributed by atoms with Crippen molar-refractivity contribution in [2.45, 2.75) is 46.1 Å². The average molecular weight is 224 g/mol. The molecule has 0 bridgehead atoms. The van der Waals surface area contributed by atoms with Crippen LogP contribution in [0.2, 0.25) is 0 Å². The third kappa shape index (κ3) is 5.26. The van der Waals surface area contributed by atoms with E-state index >= 15 is 0 Å². The van der Waals surface area contributed by atoms with Crippen molar-refractivity contribution in [1.29, 1.82) is 0 Å². The van der Waals surface area contributed by atoms with Gasteiger partial charge in [0, 0.05) is 18.8 Å². The highest BCUT2D eigenvalue weighted by Gasteiger charge is 2.10. The van der Waals surface area contributed by atoms with Crippen LogP contribution in [0.4, 0.5) is 0 Å². The summed E-state index contributed by atoms with van der Waals surface area (Å²) in [5, 5.41) is 11.5. The first-order valence-corrected chi connectivity index (χ1v) is 5.97. The minimum Gasteiger partial charge on any atom is -0.312 e. The number of nitrogens with zero attached hydrogens (tertiary/aromatic N) is 3. The molecule has 16 heavy (non-hydrogen) atoms. The maximum absolute atomic E-state index is 4.11. The third-order valence-electron chi connectivity index (χ3n) is 2.50. The molecule has 1 rings (SSSR count). The number of hydrogen-bond donors (Lipinski definition) is 1. The normalized spacial score (nSPS) is 14.1. The van der Waals surface area contributed by atoms with Crippen molar-refractivity contribution in [2.75, 3.05) is 6.54 Å². The van der Waals surface area contributed by atoms with Crippen molar-refractivity contribution in [2.24, 2.45) is 13.0 Å². The molecule has 0 aliphatic rings. The van der Waals surface area contributed by atoms with Gasteiger partial charge in [0.25, 0.3) is 0 Å². The van der Waals surface area contributed by atoms with Gasteiger partial charge >= 0.3 is 0 Å². The predicted molar refractivity (Wildman–Crippen MR) is 66.2 cm³/mol. The van der Waals surface area contributed by atoms with Crippen LogP contribution in [0.25, 0.3) is 0 Å². The maximum atomic E-state index is 4.11. The second-order valence-electron chi connectivity index (χ2n) is 5.66. The highest BCUT2D eigenvalue weighted by Crippen LogP contribution is 2.09. The summed E-state index contributed by atoms with van der Waals surface area (Å²) in [6.45, 7) is 9.91. The molecule has 0 radical (unpaired) electrons. The van der Waals surface area contributed by atoms with E-state index in [0.29, 0.717) is 5.92 Å². The van der Waals surface area contributed by atoms with Gasteiger partial charge in [-0.15, -0.1) is 5.10 Å². The Morgan fingerprint density at radius 3 is 2.62 bits per heavy atom. The molecule has 1 unspecified atom stereocenters. The lowest BCUT2D eigenvalue weighted by Gasteiger charge is -2.21.